The molecule has 0 saturated carbocycles. The largest absolute Gasteiger partial charge is 0.324 e. The smallest absolute Gasteiger partial charge is 0.324 e. The number of anilines is 1. The molecule has 0 N–H and O–H groups in total. The molecule has 2 amide bonds. The van der Waals surface area contributed by atoms with E-state index in [-0.39, 0.29) is 11.8 Å². The Kier molecular flexibility index (Phi) is 6.77. The van der Waals surface area contributed by atoms with Crippen LogP contribution in [0.4, 0.5) is 14.9 Å². The van der Waals surface area contributed by atoms with Crippen molar-refractivity contribution in [3.63, 3.8) is 0 Å². The lowest BCUT2D eigenvalue weighted by Crippen LogP contribution is -2.48. The number of likely N-dealkylation sites (tertiary alicyclic amines) is 2. The first-order chi connectivity index (χ1) is 16.2. The number of amides is 2. The molecule has 0 unspecified atom stereocenters. The molecule has 2 aromatic rings. The van der Waals surface area contributed by atoms with E-state index in [0.29, 0.717) is 5.92 Å². The first-order valence-electron chi connectivity index (χ1n) is 12.5. The highest BCUT2D eigenvalue weighted by Gasteiger charge is 2.30. The number of benzene rings is 2. The molecule has 3 aliphatic heterocycles. The molecule has 5 rings (SSSR count). The van der Waals surface area contributed by atoms with Crippen LogP contribution in [-0.2, 0) is 6.42 Å². The molecule has 174 valence electrons. The Morgan fingerprint density at radius 1 is 0.939 bits per heavy atom. The van der Waals surface area contributed by atoms with Crippen molar-refractivity contribution in [3.05, 3.63) is 71.0 Å². The number of nitrogens with zero attached hydrogens (tertiary/aromatic N) is 3. The third-order valence-corrected chi connectivity index (χ3v) is 7.43. The second-order valence-corrected chi connectivity index (χ2v) is 9.65. The van der Waals surface area contributed by atoms with Gasteiger partial charge in [-0.15, -0.1) is 0 Å². The van der Waals surface area contributed by atoms with Gasteiger partial charge in [0.2, 0.25) is 0 Å². The summed E-state index contributed by atoms with van der Waals surface area (Å²) in [5.41, 5.74) is 4.75. The van der Waals surface area contributed by atoms with Gasteiger partial charge < -0.3 is 4.90 Å². The number of piperidine rings is 1. The number of hydrogen-bond donors (Lipinski definition) is 0. The molecule has 0 spiro atoms. The van der Waals surface area contributed by atoms with Gasteiger partial charge in [0.1, 0.15) is 5.82 Å². The maximum atomic E-state index is 13.4. The Morgan fingerprint density at radius 3 is 2.45 bits per heavy atom. The summed E-state index contributed by atoms with van der Waals surface area (Å²) < 4.78 is 13.2. The van der Waals surface area contributed by atoms with Gasteiger partial charge in [-0.05, 0) is 98.5 Å². The van der Waals surface area contributed by atoms with Crippen LogP contribution < -0.4 is 4.90 Å². The normalized spacial score (nSPS) is 19.9. The minimum Gasteiger partial charge on any atom is -0.324 e. The zero-order valence-corrected chi connectivity index (χ0v) is 19.4. The van der Waals surface area contributed by atoms with E-state index in [1.807, 2.05) is 21.9 Å². The SMILES string of the molecule is O=C(N1CCC(c2ccc(F)cc2)CC1)N1CCCc2cc(/C=C/CN3CCCC3)ccc21. The van der Waals surface area contributed by atoms with Crippen molar-refractivity contribution in [1.82, 2.24) is 9.80 Å². The molecular formula is C28H34FN3O. The number of aryl methyl sites for hydroxylation is 1. The van der Waals surface area contributed by atoms with Crippen LogP contribution in [-0.4, -0.2) is 55.1 Å². The minimum absolute atomic E-state index is 0.130. The van der Waals surface area contributed by atoms with Crippen LogP contribution in [0.15, 0.2) is 48.5 Å². The molecule has 2 fully saturated rings. The van der Waals surface area contributed by atoms with Crippen LogP contribution in [0.2, 0.25) is 0 Å². The summed E-state index contributed by atoms with van der Waals surface area (Å²) in [6.07, 6.45) is 11.0. The lowest BCUT2D eigenvalue weighted by Gasteiger charge is -2.38. The molecule has 0 bridgehead atoms. The summed E-state index contributed by atoms with van der Waals surface area (Å²) in [5, 5.41) is 0. The molecule has 4 nitrogen and oxygen atoms in total. The maximum Gasteiger partial charge on any atom is 0.324 e. The second kappa shape index (κ2) is 10.1. The number of fused-ring (bicyclic) bond motifs is 1. The Balaban J connectivity index is 1.21. The number of rotatable bonds is 4. The maximum absolute atomic E-state index is 13.4. The molecule has 3 aliphatic rings. The van der Waals surface area contributed by atoms with Crippen molar-refractivity contribution in [2.24, 2.45) is 0 Å². The predicted molar refractivity (Wildman–Crippen MR) is 132 cm³/mol. The van der Waals surface area contributed by atoms with Gasteiger partial charge in [0.05, 0.1) is 0 Å². The molecule has 2 aromatic carbocycles. The van der Waals surface area contributed by atoms with Gasteiger partial charge in [0.15, 0.2) is 0 Å². The Bertz CT molecular complexity index is 989. The highest BCUT2D eigenvalue weighted by atomic mass is 19.1. The van der Waals surface area contributed by atoms with E-state index in [0.717, 1.165) is 57.5 Å². The van der Waals surface area contributed by atoms with E-state index >= 15 is 0 Å². The van der Waals surface area contributed by atoms with Crippen LogP contribution in [0.25, 0.3) is 6.08 Å². The number of hydrogen-bond acceptors (Lipinski definition) is 2. The molecule has 5 heteroatoms. The van der Waals surface area contributed by atoms with Crippen molar-refractivity contribution in [2.75, 3.05) is 44.2 Å². The van der Waals surface area contributed by atoms with E-state index in [2.05, 4.69) is 35.3 Å². The van der Waals surface area contributed by atoms with Crippen LogP contribution >= 0.6 is 0 Å². The van der Waals surface area contributed by atoms with Gasteiger partial charge in [-0.25, -0.2) is 9.18 Å². The third kappa shape index (κ3) is 5.14. The summed E-state index contributed by atoms with van der Waals surface area (Å²) in [6, 6.07) is 13.5. The van der Waals surface area contributed by atoms with E-state index in [1.54, 1.807) is 0 Å². The van der Waals surface area contributed by atoms with Gasteiger partial charge in [0, 0.05) is 31.9 Å². The standard InChI is InChI=1S/C28H34FN3O/c29-26-10-8-23(9-11-26)24-13-19-31(20-14-24)28(33)32-18-4-6-25-21-22(7-12-27(25)32)5-3-17-30-15-1-2-16-30/h3,5,7-12,21,24H,1-2,4,6,13-20H2/b5-3+. The van der Waals surface area contributed by atoms with E-state index < -0.39 is 0 Å². The number of carbonyl (C=O) groups is 1. The molecular weight excluding hydrogens is 413 g/mol. The Labute approximate surface area is 196 Å². The number of halogens is 1. The van der Waals surface area contributed by atoms with Crippen molar-refractivity contribution in [2.45, 2.75) is 44.4 Å². The lowest BCUT2D eigenvalue weighted by molar-refractivity contribution is 0.187. The fraction of sp³-hybridized carbons (Fsp3) is 0.464. The summed E-state index contributed by atoms with van der Waals surface area (Å²) in [4.78, 5) is 19.9. The van der Waals surface area contributed by atoms with E-state index in [1.165, 1.54) is 54.8 Å². The zero-order chi connectivity index (χ0) is 22.6. The molecule has 0 aliphatic carbocycles. The van der Waals surface area contributed by atoms with Gasteiger partial charge in [0.25, 0.3) is 0 Å². The van der Waals surface area contributed by atoms with Crippen LogP contribution in [0.5, 0.6) is 0 Å². The van der Waals surface area contributed by atoms with Gasteiger partial charge in [-0.3, -0.25) is 9.80 Å². The minimum atomic E-state index is -0.194. The van der Waals surface area contributed by atoms with E-state index in [9.17, 15) is 9.18 Å². The van der Waals surface area contributed by atoms with Crippen molar-refractivity contribution in [3.8, 4) is 0 Å². The van der Waals surface area contributed by atoms with Crippen molar-refractivity contribution in [1.29, 1.82) is 0 Å². The first kappa shape index (κ1) is 22.1. The van der Waals surface area contributed by atoms with E-state index in [4.69, 9.17) is 0 Å². The molecule has 0 atom stereocenters. The quantitative estimate of drug-likeness (QED) is 0.602. The van der Waals surface area contributed by atoms with Crippen molar-refractivity contribution < 1.29 is 9.18 Å². The van der Waals surface area contributed by atoms with Crippen LogP contribution in [0.1, 0.15) is 54.7 Å². The van der Waals surface area contributed by atoms with Crippen LogP contribution in [0.3, 0.4) is 0 Å². The van der Waals surface area contributed by atoms with Crippen LogP contribution in [0, 0.1) is 5.82 Å². The molecule has 0 aromatic heterocycles. The predicted octanol–water partition coefficient (Wildman–Crippen LogP) is 5.69. The third-order valence-electron chi connectivity index (χ3n) is 7.43. The van der Waals surface area contributed by atoms with Gasteiger partial charge >= 0.3 is 6.03 Å². The average Bonchev–Trinajstić information content (AvgIpc) is 3.37. The monoisotopic (exact) mass is 447 g/mol. The van der Waals surface area contributed by atoms with Gasteiger partial charge in [-0.2, -0.15) is 0 Å². The number of urea groups is 1. The number of carbonyl (C=O) groups excluding carboxylic acids is 1. The molecule has 3 heterocycles. The highest BCUT2D eigenvalue weighted by molar-refractivity contribution is 5.93. The highest BCUT2D eigenvalue weighted by Crippen LogP contribution is 2.32. The topological polar surface area (TPSA) is 26.8 Å². The molecule has 0 radical (unpaired) electrons. The zero-order valence-electron chi connectivity index (χ0n) is 19.4. The summed E-state index contributed by atoms with van der Waals surface area (Å²) >= 11 is 0. The Morgan fingerprint density at radius 2 is 1.70 bits per heavy atom. The Hall–Kier alpha value is -2.66. The fourth-order valence-corrected chi connectivity index (χ4v) is 5.53. The fourth-order valence-electron chi connectivity index (χ4n) is 5.53. The van der Waals surface area contributed by atoms with Crippen molar-refractivity contribution >= 4 is 17.8 Å². The molecule has 33 heavy (non-hydrogen) atoms. The second-order valence-electron chi connectivity index (χ2n) is 9.65. The lowest BCUT2D eigenvalue weighted by atomic mass is 9.89. The summed E-state index contributed by atoms with van der Waals surface area (Å²) in [7, 11) is 0. The molecule has 2 saturated heterocycles. The summed E-state index contributed by atoms with van der Waals surface area (Å²) in [6.45, 7) is 5.75. The van der Waals surface area contributed by atoms with Gasteiger partial charge in [-0.1, -0.05) is 30.4 Å². The summed E-state index contributed by atoms with van der Waals surface area (Å²) in [5.74, 6) is 0.207. The average molecular weight is 448 g/mol. The first-order valence-corrected chi connectivity index (χ1v) is 12.5.